The van der Waals surface area contributed by atoms with E-state index < -0.39 is 5.97 Å². The fourth-order valence-electron chi connectivity index (χ4n) is 2.28. The van der Waals surface area contributed by atoms with Crippen LogP contribution in [0.4, 0.5) is 0 Å². The number of rotatable bonds is 2. The minimum atomic E-state index is -0.953. The average molecular weight is 319 g/mol. The second-order valence-corrected chi connectivity index (χ2v) is 5.23. The SMILES string of the molecule is Cn1cc(-c2ccc(C(=O)O)[nH]2)c2c(Br)cccc21. The molecule has 3 aromatic rings. The second-order valence-electron chi connectivity index (χ2n) is 4.38. The van der Waals surface area contributed by atoms with Gasteiger partial charge >= 0.3 is 5.97 Å². The van der Waals surface area contributed by atoms with E-state index in [2.05, 4.69) is 20.9 Å². The number of aromatic amines is 1. The second kappa shape index (κ2) is 4.28. The maximum absolute atomic E-state index is 10.9. The number of aryl methyl sites for hydroxylation is 1. The van der Waals surface area contributed by atoms with Crippen LogP contribution in [0.2, 0.25) is 0 Å². The highest BCUT2D eigenvalue weighted by molar-refractivity contribution is 9.10. The van der Waals surface area contributed by atoms with Crippen molar-refractivity contribution in [3.05, 3.63) is 46.7 Å². The first-order chi connectivity index (χ1) is 9.08. The van der Waals surface area contributed by atoms with E-state index in [1.807, 2.05) is 36.0 Å². The molecular weight excluding hydrogens is 308 g/mol. The number of nitrogens with one attached hydrogen (secondary N) is 1. The number of carbonyl (C=O) groups is 1. The lowest BCUT2D eigenvalue weighted by Gasteiger charge is -1.99. The molecule has 19 heavy (non-hydrogen) atoms. The molecule has 0 aliphatic rings. The fourth-order valence-corrected chi connectivity index (χ4v) is 2.85. The Bertz CT molecular complexity index is 786. The lowest BCUT2D eigenvalue weighted by Crippen LogP contribution is -1.95. The summed E-state index contributed by atoms with van der Waals surface area (Å²) in [6, 6.07) is 9.36. The number of nitrogens with zero attached hydrogens (tertiary/aromatic N) is 1. The number of aromatic carboxylic acids is 1. The molecule has 2 N–H and O–H groups in total. The third-order valence-electron chi connectivity index (χ3n) is 3.17. The number of benzene rings is 1. The van der Waals surface area contributed by atoms with Gasteiger partial charge in [-0.25, -0.2) is 4.79 Å². The van der Waals surface area contributed by atoms with Gasteiger partial charge in [0.15, 0.2) is 0 Å². The van der Waals surface area contributed by atoms with Gasteiger partial charge in [-0.05, 0) is 24.3 Å². The number of fused-ring (bicyclic) bond motifs is 1. The van der Waals surface area contributed by atoms with Crippen molar-refractivity contribution >= 4 is 32.8 Å². The Balaban J connectivity index is 2.27. The first-order valence-corrected chi connectivity index (χ1v) is 6.53. The van der Waals surface area contributed by atoms with Crippen LogP contribution < -0.4 is 0 Å². The van der Waals surface area contributed by atoms with Crippen molar-refractivity contribution in [3.63, 3.8) is 0 Å². The van der Waals surface area contributed by atoms with Gasteiger partial charge in [0.1, 0.15) is 5.69 Å². The predicted molar refractivity (Wildman–Crippen MR) is 77.4 cm³/mol. The fraction of sp³-hybridized carbons (Fsp3) is 0.0714. The molecule has 0 aliphatic carbocycles. The summed E-state index contributed by atoms with van der Waals surface area (Å²) in [5.41, 5.74) is 3.07. The van der Waals surface area contributed by atoms with E-state index in [0.29, 0.717) is 0 Å². The monoisotopic (exact) mass is 318 g/mol. The minimum absolute atomic E-state index is 0.194. The zero-order valence-corrected chi connectivity index (χ0v) is 11.7. The highest BCUT2D eigenvalue weighted by Crippen LogP contribution is 2.34. The Labute approximate surface area is 117 Å². The van der Waals surface area contributed by atoms with Gasteiger partial charge in [0.05, 0.1) is 0 Å². The van der Waals surface area contributed by atoms with Crippen LogP contribution in [-0.2, 0) is 7.05 Å². The Morgan fingerprint density at radius 3 is 2.79 bits per heavy atom. The summed E-state index contributed by atoms with van der Waals surface area (Å²) in [7, 11) is 1.97. The molecule has 0 unspecified atom stereocenters. The third kappa shape index (κ3) is 1.86. The molecule has 0 radical (unpaired) electrons. The van der Waals surface area contributed by atoms with E-state index in [4.69, 9.17) is 5.11 Å². The predicted octanol–water partition coefficient (Wildman–Crippen LogP) is 3.63. The van der Waals surface area contributed by atoms with Gasteiger partial charge < -0.3 is 14.7 Å². The summed E-state index contributed by atoms with van der Waals surface area (Å²) in [6.07, 6.45) is 1.99. The van der Waals surface area contributed by atoms with Crippen molar-refractivity contribution < 1.29 is 9.90 Å². The molecule has 2 aromatic heterocycles. The molecule has 0 saturated carbocycles. The smallest absolute Gasteiger partial charge is 0.352 e. The number of halogens is 1. The van der Waals surface area contributed by atoms with Crippen LogP contribution in [-0.4, -0.2) is 20.6 Å². The van der Waals surface area contributed by atoms with Gasteiger partial charge in [0.25, 0.3) is 0 Å². The van der Waals surface area contributed by atoms with Crippen LogP contribution in [0.3, 0.4) is 0 Å². The van der Waals surface area contributed by atoms with E-state index in [-0.39, 0.29) is 5.69 Å². The van der Waals surface area contributed by atoms with Crippen molar-refractivity contribution in [2.75, 3.05) is 0 Å². The Hall–Kier alpha value is -2.01. The van der Waals surface area contributed by atoms with Crippen molar-refractivity contribution in [1.29, 1.82) is 0 Å². The Morgan fingerprint density at radius 2 is 2.11 bits per heavy atom. The van der Waals surface area contributed by atoms with Crippen molar-refractivity contribution in [3.8, 4) is 11.3 Å². The number of aromatic nitrogens is 2. The number of H-pyrrole nitrogens is 1. The maximum atomic E-state index is 10.9. The van der Waals surface area contributed by atoms with Crippen LogP contribution in [0, 0.1) is 0 Å². The molecule has 5 heteroatoms. The standard InChI is InChI=1S/C14H11BrN2O2/c1-17-7-8(10-5-6-11(16-10)14(18)19)13-9(15)3-2-4-12(13)17/h2-7,16H,1H3,(H,18,19). The highest BCUT2D eigenvalue weighted by atomic mass is 79.9. The van der Waals surface area contributed by atoms with Gasteiger partial charge in [-0.1, -0.05) is 22.0 Å². The molecule has 2 heterocycles. The van der Waals surface area contributed by atoms with Gasteiger partial charge in [0, 0.05) is 39.9 Å². The summed E-state index contributed by atoms with van der Waals surface area (Å²) >= 11 is 3.55. The molecule has 4 nitrogen and oxygen atoms in total. The highest BCUT2D eigenvalue weighted by Gasteiger charge is 2.14. The molecule has 0 amide bonds. The van der Waals surface area contributed by atoms with E-state index in [1.165, 1.54) is 0 Å². The molecule has 0 atom stereocenters. The minimum Gasteiger partial charge on any atom is -0.477 e. The summed E-state index contributed by atoms with van der Waals surface area (Å²) < 4.78 is 3.02. The molecule has 0 saturated heterocycles. The molecule has 3 rings (SSSR count). The van der Waals surface area contributed by atoms with Gasteiger partial charge in [-0.15, -0.1) is 0 Å². The molecule has 1 aromatic carbocycles. The molecule has 96 valence electrons. The van der Waals surface area contributed by atoms with Crippen LogP contribution >= 0.6 is 15.9 Å². The Kier molecular flexibility index (Phi) is 2.71. The van der Waals surface area contributed by atoms with Gasteiger partial charge in [0.2, 0.25) is 0 Å². The van der Waals surface area contributed by atoms with Crippen LogP contribution in [0.25, 0.3) is 22.2 Å². The summed E-state index contributed by atoms with van der Waals surface area (Å²) in [5, 5.41) is 10.0. The van der Waals surface area contributed by atoms with Crippen molar-refractivity contribution in [2.24, 2.45) is 7.05 Å². The molecular formula is C14H11BrN2O2. The third-order valence-corrected chi connectivity index (χ3v) is 3.83. The average Bonchev–Trinajstić information content (AvgIpc) is 2.95. The molecule has 0 fully saturated rings. The molecule has 0 aliphatic heterocycles. The zero-order valence-electron chi connectivity index (χ0n) is 10.1. The van der Waals surface area contributed by atoms with E-state index in [0.717, 1.165) is 26.6 Å². The molecule has 0 bridgehead atoms. The quantitative estimate of drug-likeness (QED) is 0.758. The van der Waals surface area contributed by atoms with Crippen LogP contribution in [0.5, 0.6) is 0 Å². The number of carboxylic acids is 1. The zero-order chi connectivity index (χ0) is 13.6. The maximum Gasteiger partial charge on any atom is 0.352 e. The summed E-state index contributed by atoms with van der Waals surface area (Å²) in [6.45, 7) is 0. The van der Waals surface area contributed by atoms with Gasteiger partial charge in [-0.3, -0.25) is 0 Å². The lowest BCUT2D eigenvalue weighted by molar-refractivity contribution is 0.0691. The van der Waals surface area contributed by atoms with Gasteiger partial charge in [-0.2, -0.15) is 0 Å². The molecule has 0 spiro atoms. The number of hydrogen-bond donors (Lipinski definition) is 2. The number of carboxylic acid groups (broad SMARTS) is 1. The summed E-state index contributed by atoms with van der Waals surface area (Å²) in [4.78, 5) is 13.9. The Morgan fingerprint density at radius 1 is 1.32 bits per heavy atom. The lowest BCUT2D eigenvalue weighted by atomic mass is 10.1. The first kappa shape index (κ1) is 12.0. The van der Waals surface area contributed by atoms with E-state index in [9.17, 15) is 4.79 Å². The van der Waals surface area contributed by atoms with E-state index >= 15 is 0 Å². The van der Waals surface area contributed by atoms with Crippen LogP contribution in [0.15, 0.2) is 41.0 Å². The number of hydrogen-bond acceptors (Lipinski definition) is 1. The van der Waals surface area contributed by atoms with E-state index in [1.54, 1.807) is 12.1 Å². The largest absolute Gasteiger partial charge is 0.477 e. The van der Waals surface area contributed by atoms with Crippen molar-refractivity contribution in [1.82, 2.24) is 9.55 Å². The normalized spacial score (nSPS) is 11.1. The summed E-state index contributed by atoms with van der Waals surface area (Å²) in [5.74, 6) is -0.953. The first-order valence-electron chi connectivity index (χ1n) is 5.74. The van der Waals surface area contributed by atoms with Crippen LogP contribution in [0.1, 0.15) is 10.5 Å². The van der Waals surface area contributed by atoms with Crippen molar-refractivity contribution in [2.45, 2.75) is 0 Å². The topological polar surface area (TPSA) is 58.0 Å².